The first kappa shape index (κ1) is 14.6. The molecule has 98 valence electrons. The molecule has 0 aliphatic carbocycles. The van der Waals surface area contributed by atoms with E-state index in [1.807, 2.05) is 22.6 Å². The number of hydrogen-bond acceptors (Lipinski definition) is 3. The van der Waals surface area contributed by atoms with Gasteiger partial charge in [-0.2, -0.15) is 16.9 Å². The number of thioether (sulfide) groups is 1. The second kappa shape index (κ2) is 6.45. The highest BCUT2D eigenvalue weighted by Gasteiger charge is 2.17. The number of aryl methyl sites for hydroxylation is 1. The molecule has 4 heteroatoms. The predicted octanol–water partition coefficient (Wildman–Crippen LogP) is 3.09. The van der Waals surface area contributed by atoms with Crippen LogP contribution in [0.2, 0.25) is 0 Å². The third-order valence-corrected chi connectivity index (χ3v) is 3.88. The Labute approximate surface area is 109 Å². The largest absolute Gasteiger partial charge is 0.309 e. The minimum absolute atomic E-state index is 0.314. The van der Waals surface area contributed by atoms with Crippen LogP contribution in [-0.4, -0.2) is 26.8 Å². The van der Waals surface area contributed by atoms with E-state index in [1.165, 1.54) is 5.56 Å². The molecule has 1 unspecified atom stereocenters. The van der Waals surface area contributed by atoms with E-state index >= 15 is 0 Å². The van der Waals surface area contributed by atoms with Gasteiger partial charge < -0.3 is 5.32 Å². The van der Waals surface area contributed by atoms with E-state index < -0.39 is 0 Å². The lowest BCUT2D eigenvalue weighted by Gasteiger charge is -2.22. The van der Waals surface area contributed by atoms with Crippen molar-refractivity contribution < 1.29 is 0 Å². The number of rotatable bonds is 6. The van der Waals surface area contributed by atoms with Gasteiger partial charge in [0.15, 0.2) is 0 Å². The molecule has 1 N–H and O–H groups in total. The lowest BCUT2D eigenvalue weighted by atomic mass is 10.2. The van der Waals surface area contributed by atoms with Gasteiger partial charge in [0.1, 0.15) is 0 Å². The Morgan fingerprint density at radius 3 is 2.59 bits per heavy atom. The van der Waals surface area contributed by atoms with Gasteiger partial charge in [-0.05, 0) is 13.5 Å². The summed E-state index contributed by atoms with van der Waals surface area (Å²) >= 11 is 1.99. The number of aromatic nitrogens is 2. The standard InChI is InChI=1S/C13H25N3S/c1-6-14-12(10-17-13(3,4)5)11-8-15-16(7-2)9-11/h8-9,12,14H,6-7,10H2,1-5H3. The van der Waals surface area contributed by atoms with Crippen LogP contribution in [0.3, 0.4) is 0 Å². The second-order valence-corrected chi connectivity index (χ2v) is 7.01. The van der Waals surface area contributed by atoms with Crippen molar-refractivity contribution in [1.29, 1.82) is 0 Å². The fraction of sp³-hybridized carbons (Fsp3) is 0.769. The first-order chi connectivity index (χ1) is 7.96. The summed E-state index contributed by atoms with van der Waals surface area (Å²) in [6.45, 7) is 13.0. The molecule has 0 aliphatic rings. The van der Waals surface area contributed by atoms with E-state index in [1.54, 1.807) is 0 Å². The molecule has 1 heterocycles. The maximum atomic E-state index is 4.35. The van der Waals surface area contributed by atoms with E-state index in [0.717, 1.165) is 18.8 Å². The first-order valence-electron chi connectivity index (χ1n) is 6.36. The van der Waals surface area contributed by atoms with E-state index in [2.05, 4.69) is 51.2 Å². The average Bonchev–Trinajstić information content (AvgIpc) is 2.71. The molecule has 1 aromatic heterocycles. The van der Waals surface area contributed by atoms with Crippen molar-refractivity contribution in [3.8, 4) is 0 Å². The molecule has 0 aromatic carbocycles. The highest BCUT2D eigenvalue weighted by Crippen LogP contribution is 2.28. The molecule has 1 aromatic rings. The van der Waals surface area contributed by atoms with Crippen molar-refractivity contribution in [2.24, 2.45) is 0 Å². The quantitative estimate of drug-likeness (QED) is 0.847. The van der Waals surface area contributed by atoms with Gasteiger partial charge in [0, 0.05) is 34.8 Å². The van der Waals surface area contributed by atoms with Gasteiger partial charge in [-0.3, -0.25) is 4.68 Å². The van der Waals surface area contributed by atoms with Crippen molar-refractivity contribution in [3.05, 3.63) is 18.0 Å². The topological polar surface area (TPSA) is 29.9 Å². The maximum Gasteiger partial charge on any atom is 0.0537 e. The predicted molar refractivity (Wildman–Crippen MR) is 76.5 cm³/mol. The van der Waals surface area contributed by atoms with E-state index in [0.29, 0.717) is 10.8 Å². The van der Waals surface area contributed by atoms with Gasteiger partial charge in [-0.15, -0.1) is 0 Å². The zero-order chi connectivity index (χ0) is 12.9. The Hall–Kier alpha value is -0.480. The number of nitrogens with one attached hydrogen (secondary N) is 1. The van der Waals surface area contributed by atoms with Crippen LogP contribution in [0, 0.1) is 0 Å². The summed E-state index contributed by atoms with van der Waals surface area (Å²) in [5.41, 5.74) is 1.30. The summed E-state index contributed by atoms with van der Waals surface area (Å²) < 4.78 is 2.30. The van der Waals surface area contributed by atoms with E-state index in [9.17, 15) is 0 Å². The van der Waals surface area contributed by atoms with Crippen molar-refractivity contribution >= 4 is 11.8 Å². The van der Waals surface area contributed by atoms with Crippen LogP contribution in [0.1, 0.15) is 46.2 Å². The van der Waals surface area contributed by atoms with Crippen molar-refractivity contribution in [2.75, 3.05) is 12.3 Å². The Kier molecular flexibility index (Phi) is 5.53. The molecule has 1 atom stereocenters. The fourth-order valence-corrected chi connectivity index (χ4v) is 2.56. The first-order valence-corrected chi connectivity index (χ1v) is 7.34. The molecule has 0 saturated carbocycles. The fourth-order valence-electron chi connectivity index (χ4n) is 1.59. The SMILES string of the molecule is CCNC(CSC(C)(C)C)c1cnn(CC)c1. The Balaban J connectivity index is 2.64. The zero-order valence-electron chi connectivity index (χ0n) is 11.7. The monoisotopic (exact) mass is 255 g/mol. The van der Waals surface area contributed by atoms with Gasteiger partial charge in [0.25, 0.3) is 0 Å². The molecule has 0 saturated heterocycles. The molecule has 0 amide bonds. The molecule has 0 bridgehead atoms. The van der Waals surface area contributed by atoms with E-state index in [4.69, 9.17) is 0 Å². The van der Waals surface area contributed by atoms with Crippen molar-refractivity contribution in [1.82, 2.24) is 15.1 Å². The molecule has 0 fully saturated rings. The lowest BCUT2D eigenvalue weighted by molar-refractivity contribution is 0.600. The van der Waals surface area contributed by atoms with Crippen LogP contribution in [0.5, 0.6) is 0 Å². The molecule has 0 aliphatic heterocycles. The highest BCUT2D eigenvalue weighted by molar-refractivity contribution is 8.00. The smallest absolute Gasteiger partial charge is 0.0537 e. The summed E-state index contributed by atoms with van der Waals surface area (Å²) in [5, 5.41) is 7.88. The van der Waals surface area contributed by atoms with Gasteiger partial charge in [-0.1, -0.05) is 27.7 Å². The van der Waals surface area contributed by atoms with Crippen LogP contribution < -0.4 is 5.32 Å². The Morgan fingerprint density at radius 1 is 1.41 bits per heavy atom. The van der Waals surface area contributed by atoms with E-state index in [-0.39, 0.29) is 0 Å². The summed E-state index contributed by atoms with van der Waals surface area (Å²) in [7, 11) is 0. The summed E-state index contributed by atoms with van der Waals surface area (Å²) in [6, 6.07) is 0.407. The molecule has 17 heavy (non-hydrogen) atoms. The maximum absolute atomic E-state index is 4.35. The summed E-state index contributed by atoms with van der Waals surface area (Å²) in [6.07, 6.45) is 4.14. The number of nitrogens with zero attached hydrogens (tertiary/aromatic N) is 2. The Morgan fingerprint density at radius 2 is 2.12 bits per heavy atom. The normalized spacial score (nSPS) is 13.9. The Bertz CT molecular complexity index is 328. The molecular formula is C13H25N3S. The van der Waals surface area contributed by atoms with Gasteiger partial charge in [0.2, 0.25) is 0 Å². The molecule has 0 radical (unpaired) electrons. The minimum atomic E-state index is 0.314. The van der Waals surface area contributed by atoms with Crippen LogP contribution in [0.25, 0.3) is 0 Å². The molecule has 1 rings (SSSR count). The lowest BCUT2D eigenvalue weighted by Crippen LogP contribution is -2.24. The van der Waals surface area contributed by atoms with Gasteiger partial charge in [-0.25, -0.2) is 0 Å². The van der Waals surface area contributed by atoms with Crippen molar-refractivity contribution in [3.63, 3.8) is 0 Å². The van der Waals surface area contributed by atoms with Crippen molar-refractivity contribution in [2.45, 2.75) is 52.0 Å². The second-order valence-electron chi connectivity index (χ2n) is 5.16. The molecular weight excluding hydrogens is 230 g/mol. The third kappa shape index (κ3) is 5.13. The summed E-state index contributed by atoms with van der Waals surface area (Å²) in [5.74, 6) is 1.09. The van der Waals surface area contributed by atoms with Gasteiger partial charge in [0.05, 0.1) is 6.20 Å². The zero-order valence-corrected chi connectivity index (χ0v) is 12.5. The molecule has 3 nitrogen and oxygen atoms in total. The van der Waals surface area contributed by atoms with Crippen LogP contribution in [0.4, 0.5) is 0 Å². The van der Waals surface area contributed by atoms with Crippen LogP contribution >= 0.6 is 11.8 Å². The average molecular weight is 255 g/mol. The minimum Gasteiger partial charge on any atom is -0.309 e. The van der Waals surface area contributed by atoms with Crippen LogP contribution in [-0.2, 0) is 6.54 Å². The van der Waals surface area contributed by atoms with Crippen LogP contribution in [0.15, 0.2) is 12.4 Å². The third-order valence-electron chi connectivity index (χ3n) is 2.51. The molecule has 0 spiro atoms. The number of hydrogen-bond donors (Lipinski definition) is 1. The van der Waals surface area contributed by atoms with Gasteiger partial charge >= 0.3 is 0 Å². The highest BCUT2D eigenvalue weighted by atomic mass is 32.2. The summed E-state index contributed by atoms with van der Waals surface area (Å²) in [4.78, 5) is 0.